The minimum Gasteiger partial charge on any atom is -0.496 e. The summed E-state index contributed by atoms with van der Waals surface area (Å²) in [5.74, 6) is 0.141. The van der Waals surface area contributed by atoms with Gasteiger partial charge in [-0.15, -0.1) is 0 Å². The topological polar surface area (TPSA) is 65.0 Å². The molecule has 114 valence electrons. The van der Waals surface area contributed by atoms with Crippen LogP contribution in [0.25, 0.3) is 0 Å². The zero-order valence-electron chi connectivity index (χ0n) is 12.3. The van der Waals surface area contributed by atoms with Gasteiger partial charge in [0.2, 0.25) is 0 Å². The normalized spacial score (nSPS) is 27.8. The predicted molar refractivity (Wildman–Crippen MR) is 75.8 cm³/mol. The molecule has 2 aliphatic rings. The van der Waals surface area contributed by atoms with Gasteiger partial charge in [-0.25, -0.2) is 0 Å². The van der Waals surface area contributed by atoms with E-state index in [-0.39, 0.29) is 6.10 Å². The first-order valence-electron chi connectivity index (χ1n) is 7.32. The van der Waals surface area contributed by atoms with E-state index >= 15 is 0 Å². The van der Waals surface area contributed by atoms with Crippen molar-refractivity contribution in [1.82, 2.24) is 0 Å². The number of carbonyl (C=O) groups is 1. The van der Waals surface area contributed by atoms with Crippen molar-refractivity contribution in [2.45, 2.75) is 38.4 Å². The van der Waals surface area contributed by atoms with Crippen molar-refractivity contribution >= 4 is 5.97 Å². The van der Waals surface area contributed by atoms with Gasteiger partial charge in [0.15, 0.2) is 0 Å². The highest BCUT2D eigenvalue weighted by Crippen LogP contribution is 2.43. The summed E-state index contributed by atoms with van der Waals surface area (Å²) in [4.78, 5) is 11.5. The number of methoxy groups -OCH3 is 1. The molecule has 21 heavy (non-hydrogen) atoms. The quantitative estimate of drug-likeness (QED) is 0.927. The first-order valence-corrected chi connectivity index (χ1v) is 7.32. The molecule has 1 aromatic rings. The Morgan fingerprint density at radius 3 is 2.95 bits per heavy atom. The zero-order valence-corrected chi connectivity index (χ0v) is 12.3. The van der Waals surface area contributed by atoms with E-state index in [4.69, 9.17) is 14.2 Å². The first kappa shape index (κ1) is 14.2. The molecule has 2 heterocycles. The third-order valence-electron chi connectivity index (χ3n) is 4.19. The number of ether oxygens (including phenoxy) is 3. The highest BCUT2D eigenvalue weighted by molar-refractivity contribution is 5.71. The van der Waals surface area contributed by atoms with Crippen LogP contribution in [0.3, 0.4) is 0 Å². The molecule has 0 spiro atoms. The summed E-state index contributed by atoms with van der Waals surface area (Å²) < 4.78 is 17.0. The van der Waals surface area contributed by atoms with E-state index < -0.39 is 18.0 Å². The lowest BCUT2D eigenvalue weighted by atomic mass is 9.88. The molecule has 1 saturated heterocycles. The number of aliphatic carboxylic acids is 1. The molecule has 0 amide bonds. The van der Waals surface area contributed by atoms with Gasteiger partial charge in [0.1, 0.15) is 17.6 Å². The van der Waals surface area contributed by atoms with Crippen molar-refractivity contribution in [3.63, 3.8) is 0 Å². The van der Waals surface area contributed by atoms with Crippen molar-refractivity contribution < 1.29 is 24.1 Å². The number of carboxylic acids is 1. The Morgan fingerprint density at radius 2 is 2.24 bits per heavy atom. The number of rotatable bonds is 3. The monoisotopic (exact) mass is 292 g/mol. The van der Waals surface area contributed by atoms with Crippen molar-refractivity contribution in [3.8, 4) is 11.5 Å². The van der Waals surface area contributed by atoms with Gasteiger partial charge >= 0.3 is 5.97 Å². The van der Waals surface area contributed by atoms with Crippen LogP contribution in [0.4, 0.5) is 0 Å². The molecule has 1 fully saturated rings. The molecule has 0 saturated carbocycles. The van der Waals surface area contributed by atoms with Gasteiger partial charge in [0.05, 0.1) is 19.1 Å². The lowest BCUT2D eigenvalue weighted by Gasteiger charge is -2.30. The van der Waals surface area contributed by atoms with E-state index in [2.05, 4.69) is 0 Å². The van der Waals surface area contributed by atoms with E-state index in [1.54, 1.807) is 7.11 Å². The van der Waals surface area contributed by atoms with Crippen LogP contribution in [0.2, 0.25) is 0 Å². The summed E-state index contributed by atoms with van der Waals surface area (Å²) in [7, 11) is 1.60. The molecular weight excluding hydrogens is 272 g/mol. The van der Waals surface area contributed by atoms with Crippen LogP contribution >= 0.6 is 0 Å². The van der Waals surface area contributed by atoms with Gasteiger partial charge < -0.3 is 19.3 Å². The fourth-order valence-electron chi connectivity index (χ4n) is 3.19. The molecule has 3 atom stereocenters. The summed E-state index contributed by atoms with van der Waals surface area (Å²) in [5, 5.41) is 9.42. The minimum atomic E-state index is -0.823. The highest BCUT2D eigenvalue weighted by Gasteiger charge is 2.36. The van der Waals surface area contributed by atoms with Gasteiger partial charge in [-0.05, 0) is 31.9 Å². The average molecular weight is 292 g/mol. The number of hydrogen-bond donors (Lipinski definition) is 1. The van der Waals surface area contributed by atoms with Crippen LogP contribution in [-0.4, -0.2) is 30.9 Å². The fraction of sp³-hybridized carbons (Fsp3) is 0.562. The Morgan fingerprint density at radius 1 is 1.43 bits per heavy atom. The third-order valence-corrected chi connectivity index (χ3v) is 4.19. The molecule has 5 heteroatoms. The van der Waals surface area contributed by atoms with Gasteiger partial charge in [-0.2, -0.15) is 0 Å². The van der Waals surface area contributed by atoms with E-state index in [1.165, 1.54) is 0 Å². The predicted octanol–water partition coefficient (Wildman–Crippen LogP) is 2.57. The standard InChI is InChI=1S/C16H20O5/c1-9-6-10-7-14(19-2)12(8-13(10)21-9)15-11(16(17)18)4-3-5-20-15/h7-9,11,15H,3-6H2,1-2H3,(H,17,18). The second-order valence-corrected chi connectivity index (χ2v) is 5.71. The lowest BCUT2D eigenvalue weighted by Crippen LogP contribution is -2.29. The summed E-state index contributed by atoms with van der Waals surface area (Å²) in [6.45, 7) is 2.59. The van der Waals surface area contributed by atoms with Crippen LogP contribution in [0.5, 0.6) is 11.5 Å². The van der Waals surface area contributed by atoms with Gasteiger partial charge in [-0.1, -0.05) is 0 Å². The largest absolute Gasteiger partial charge is 0.496 e. The molecule has 0 radical (unpaired) electrons. The van der Waals surface area contributed by atoms with Crippen LogP contribution < -0.4 is 9.47 Å². The fourth-order valence-corrected chi connectivity index (χ4v) is 3.19. The SMILES string of the molecule is COc1cc2c(cc1C1OCCCC1C(=O)O)OC(C)C2. The Balaban J connectivity index is 2.00. The third kappa shape index (κ3) is 2.58. The second-order valence-electron chi connectivity index (χ2n) is 5.71. The Bertz CT molecular complexity index is 554. The van der Waals surface area contributed by atoms with Crippen molar-refractivity contribution in [3.05, 3.63) is 23.3 Å². The molecule has 2 aliphatic heterocycles. The number of hydrogen-bond acceptors (Lipinski definition) is 4. The first-order chi connectivity index (χ1) is 10.1. The smallest absolute Gasteiger partial charge is 0.309 e. The van der Waals surface area contributed by atoms with Crippen LogP contribution in [-0.2, 0) is 16.0 Å². The van der Waals surface area contributed by atoms with Gasteiger partial charge in [-0.3, -0.25) is 4.79 Å². The zero-order chi connectivity index (χ0) is 15.0. The molecule has 1 N–H and O–H groups in total. The molecule has 0 aromatic heterocycles. The maximum Gasteiger partial charge on any atom is 0.309 e. The summed E-state index contributed by atoms with van der Waals surface area (Å²) in [5.41, 5.74) is 1.88. The molecule has 3 unspecified atom stereocenters. The lowest BCUT2D eigenvalue weighted by molar-refractivity contribution is -0.152. The molecular formula is C16H20O5. The van der Waals surface area contributed by atoms with Crippen LogP contribution in [0, 0.1) is 5.92 Å². The molecule has 0 bridgehead atoms. The molecule has 3 rings (SSSR count). The Hall–Kier alpha value is -1.75. The van der Waals surface area contributed by atoms with Gasteiger partial charge in [0.25, 0.3) is 0 Å². The van der Waals surface area contributed by atoms with Crippen LogP contribution in [0.1, 0.15) is 37.0 Å². The number of fused-ring (bicyclic) bond motifs is 1. The highest BCUT2D eigenvalue weighted by atomic mass is 16.5. The van der Waals surface area contributed by atoms with Crippen molar-refractivity contribution in [1.29, 1.82) is 0 Å². The molecule has 0 aliphatic carbocycles. The molecule has 5 nitrogen and oxygen atoms in total. The maximum absolute atomic E-state index is 11.5. The van der Waals surface area contributed by atoms with E-state index in [0.29, 0.717) is 18.8 Å². The van der Waals surface area contributed by atoms with E-state index in [0.717, 1.165) is 29.7 Å². The maximum atomic E-state index is 11.5. The average Bonchev–Trinajstić information content (AvgIpc) is 2.84. The van der Waals surface area contributed by atoms with Crippen molar-refractivity contribution in [2.24, 2.45) is 5.92 Å². The van der Waals surface area contributed by atoms with E-state index in [1.807, 2.05) is 19.1 Å². The van der Waals surface area contributed by atoms with Gasteiger partial charge in [0, 0.05) is 24.2 Å². The van der Waals surface area contributed by atoms with Crippen molar-refractivity contribution in [2.75, 3.05) is 13.7 Å². The molecule has 1 aromatic carbocycles. The summed E-state index contributed by atoms with van der Waals surface area (Å²) >= 11 is 0. The minimum absolute atomic E-state index is 0.141. The Labute approximate surface area is 123 Å². The van der Waals surface area contributed by atoms with Crippen LogP contribution in [0.15, 0.2) is 12.1 Å². The Kier molecular flexibility index (Phi) is 3.76. The summed E-state index contributed by atoms with van der Waals surface area (Å²) in [6.07, 6.45) is 1.91. The second kappa shape index (κ2) is 5.56. The number of benzene rings is 1. The van der Waals surface area contributed by atoms with E-state index in [9.17, 15) is 9.90 Å². The summed E-state index contributed by atoms with van der Waals surface area (Å²) in [6, 6.07) is 3.84. The number of carboxylic acid groups (broad SMARTS) is 1.